The number of methoxy groups -OCH3 is 1. The molecule has 5 heteroatoms. The third-order valence-electron chi connectivity index (χ3n) is 3.43. The van der Waals surface area contributed by atoms with Gasteiger partial charge in [-0.1, -0.05) is 6.92 Å². The molecule has 1 atom stereocenters. The second-order valence-electron chi connectivity index (χ2n) is 5.01. The average Bonchev–Trinajstić information content (AvgIpc) is 2.44. The van der Waals surface area contributed by atoms with Crippen LogP contribution in [0.1, 0.15) is 52.4 Å². The van der Waals surface area contributed by atoms with E-state index >= 15 is 0 Å². The Morgan fingerprint density at radius 1 is 1.40 bits per heavy atom. The van der Waals surface area contributed by atoms with Crippen LogP contribution in [-0.2, 0) is 14.3 Å². The number of Topliss-reactive ketones (excluding diaryl/α,β-unsaturated/α-hetero) is 1. The fraction of sp³-hybridized carbons (Fsp3) is 0.667. The molecular formula is C15H23NO4. The van der Waals surface area contributed by atoms with E-state index in [4.69, 9.17) is 0 Å². The highest BCUT2D eigenvalue weighted by Crippen LogP contribution is 2.23. The first-order chi connectivity index (χ1) is 9.49. The molecule has 0 saturated heterocycles. The summed E-state index contributed by atoms with van der Waals surface area (Å²) in [5, 5.41) is 10.1. The molecule has 1 rings (SSSR count). The van der Waals surface area contributed by atoms with Crippen molar-refractivity contribution in [3.63, 3.8) is 0 Å². The summed E-state index contributed by atoms with van der Waals surface area (Å²) < 4.78 is 4.54. The van der Waals surface area contributed by atoms with Crippen molar-refractivity contribution in [3.8, 4) is 0 Å². The molecule has 0 heterocycles. The Morgan fingerprint density at radius 2 is 2.10 bits per heavy atom. The Hall–Kier alpha value is -1.65. The summed E-state index contributed by atoms with van der Waals surface area (Å²) in [6.45, 7) is 4.01. The first-order valence-corrected chi connectivity index (χ1v) is 7.08. The number of carbonyl (C=O) groups excluding carboxylic acids is 2. The molecule has 1 fully saturated rings. The number of esters is 1. The van der Waals surface area contributed by atoms with Crippen LogP contribution in [0.5, 0.6) is 0 Å². The number of ether oxygens (including phenoxy) is 1. The van der Waals surface area contributed by atoms with Gasteiger partial charge in [0.15, 0.2) is 5.78 Å². The van der Waals surface area contributed by atoms with Gasteiger partial charge in [0, 0.05) is 24.6 Å². The van der Waals surface area contributed by atoms with Crippen molar-refractivity contribution >= 4 is 17.5 Å². The minimum atomic E-state index is -0.402. The van der Waals surface area contributed by atoms with E-state index < -0.39 is 5.97 Å². The zero-order chi connectivity index (χ0) is 15.1. The van der Waals surface area contributed by atoms with E-state index in [1.807, 2.05) is 13.8 Å². The number of aliphatic hydroxyl groups excluding tert-OH is 1. The van der Waals surface area contributed by atoms with Gasteiger partial charge in [-0.05, 0) is 26.2 Å². The molecule has 5 nitrogen and oxygen atoms in total. The fourth-order valence-electron chi connectivity index (χ4n) is 2.09. The van der Waals surface area contributed by atoms with Crippen molar-refractivity contribution in [2.24, 2.45) is 4.99 Å². The lowest BCUT2D eigenvalue weighted by atomic mass is 9.89. The van der Waals surface area contributed by atoms with Gasteiger partial charge in [-0.3, -0.25) is 14.6 Å². The van der Waals surface area contributed by atoms with Gasteiger partial charge in [0.2, 0.25) is 0 Å². The second kappa shape index (κ2) is 7.82. The Labute approximate surface area is 119 Å². The van der Waals surface area contributed by atoms with Gasteiger partial charge in [0.25, 0.3) is 0 Å². The lowest BCUT2D eigenvalue weighted by molar-refractivity contribution is -0.140. The summed E-state index contributed by atoms with van der Waals surface area (Å²) in [4.78, 5) is 27.6. The van der Waals surface area contributed by atoms with E-state index in [0.717, 1.165) is 12.8 Å². The molecule has 1 unspecified atom stereocenters. The summed E-state index contributed by atoms with van der Waals surface area (Å²) in [6.07, 6.45) is 2.96. The highest BCUT2D eigenvalue weighted by atomic mass is 16.5. The lowest BCUT2D eigenvalue weighted by Crippen LogP contribution is -2.23. The van der Waals surface area contributed by atoms with Crippen LogP contribution < -0.4 is 0 Å². The molecule has 0 radical (unpaired) electrons. The maximum absolute atomic E-state index is 12.0. The highest BCUT2D eigenvalue weighted by molar-refractivity contribution is 6.24. The Morgan fingerprint density at radius 3 is 2.70 bits per heavy atom. The van der Waals surface area contributed by atoms with Crippen molar-refractivity contribution in [1.82, 2.24) is 0 Å². The summed E-state index contributed by atoms with van der Waals surface area (Å²) in [7, 11) is 1.30. The number of nitrogens with zero attached hydrogens (tertiary/aromatic N) is 1. The van der Waals surface area contributed by atoms with Crippen molar-refractivity contribution < 1.29 is 19.4 Å². The first kappa shape index (κ1) is 16.4. The van der Waals surface area contributed by atoms with Crippen molar-refractivity contribution in [2.45, 2.75) is 58.4 Å². The van der Waals surface area contributed by atoms with Crippen LogP contribution in [-0.4, -0.2) is 35.7 Å². The normalized spacial score (nSPS) is 21.8. The molecule has 0 spiro atoms. The van der Waals surface area contributed by atoms with Crippen molar-refractivity contribution in [2.75, 3.05) is 7.11 Å². The minimum absolute atomic E-state index is 0.0397. The maximum atomic E-state index is 12.0. The van der Waals surface area contributed by atoms with Crippen LogP contribution in [0.25, 0.3) is 0 Å². The Bertz CT molecular complexity index is 437. The van der Waals surface area contributed by atoms with Crippen LogP contribution >= 0.6 is 0 Å². The van der Waals surface area contributed by atoms with Gasteiger partial charge in [0.05, 0.1) is 19.1 Å². The molecule has 1 N–H and O–H groups in total. The highest BCUT2D eigenvalue weighted by Gasteiger charge is 2.25. The molecule has 0 aromatic carbocycles. The standard InChI is InChI=1S/C15H23NO4/c1-4-10(2)16-11-6-5-7-12(17)15(11)13(18)8-9-14(19)20-3/h10,18H,4-9H2,1-3H3. The number of hydrogen-bond acceptors (Lipinski definition) is 5. The molecule has 112 valence electrons. The monoisotopic (exact) mass is 281 g/mol. The molecule has 0 bridgehead atoms. The van der Waals surface area contributed by atoms with E-state index in [2.05, 4.69) is 9.73 Å². The van der Waals surface area contributed by atoms with Crippen LogP contribution in [0.15, 0.2) is 16.3 Å². The van der Waals surface area contributed by atoms with E-state index in [9.17, 15) is 14.7 Å². The van der Waals surface area contributed by atoms with Crippen LogP contribution in [0.3, 0.4) is 0 Å². The number of aliphatic imine (C=N–C) groups is 1. The quantitative estimate of drug-likeness (QED) is 0.477. The molecule has 1 aliphatic rings. The van der Waals surface area contributed by atoms with Gasteiger partial charge >= 0.3 is 5.97 Å². The minimum Gasteiger partial charge on any atom is -0.511 e. The smallest absolute Gasteiger partial charge is 0.305 e. The number of aliphatic hydroxyl groups is 1. The van der Waals surface area contributed by atoms with Crippen molar-refractivity contribution in [1.29, 1.82) is 0 Å². The summed E-state index contributed by atoms with van der Waals surface area (Å²) in [5.41, 5.74) is 0.999. The summed E-state index contributed by atoms with van der Waals surface area (Å²) >= 11 is 0. The SMILES string of the molecule is CCC(C)N=C1CCCC(=O)C1=C(O)CCC(=O)OC. The topological polar surface area (TPSA) is 76.0 Å². The molecule has 20 heavy (non-hydrogen) atoms. The Kier molecular flexibility index (Phi) is 6.42. The largest absolute Gasteiger partial charge is 0.511 e. The Balaban J connectivity index is 2.96. The van der Waals surface area contributed by atoms with E-state index in [1.54, 1.807) is 0 Å². The summed E-state index contributed by atoms with van der Waals surface area (Å²) in [6, 6.07) is 0.124. The molecule has 0 aromatic heterocycles. The predicted octanol–water partition coefficient (Wildman–Crippen LogP) is 2.74. The third-order valence-corrected chi connectivity index (χ3v) is 3.43. The van der Waals surface area contributed by atoms with Gasteiger partial charge in [-0.15, -0.1) is 0 Å². The van der Waals surface area contributed by atoms with Gasteiger partial charge in [-0.2, -0.15) is 0 Å². The molecule has 0 amide bonds. The van der Waals surface area contributed by atoms with Gasteiger partial charge in [0.1, 0.15) is 5.76 Å². The summed E-state index contributed by atoms with van der Waals surface area (Å²) in [5.74, 6) is -0.524. The molecule has 0 aromatic rings. The molecule has 1 saturated carbocycles. The van der Waals surface area contributed by atoms with E-state index in [-0.39, 0.29) is 30.4 Å². The van der Waals surface area contributed by atoms with E-state index in [1.165, 1.54) is 7.11 Å². The number of allylic oxidation sites excluding steroid dienone is 2. The van der Waals surface area contributed by atoms with Gasteiger partial charge < -0.3 is 9.84 Å². The fourth-order valence-corrected chi connectivity index (χ4v) is 2.09. The van der Waals surface area contributed by atoms with Crippen LogP contribution in [0.4, 0.5) is 0 Å². The van der Waals surface area contributed by atoms with Crippen LogP contribution in [0.2, 0.25) is 0 Å². The first-order valence-electron chi connectivity index (χ1n) is 7.08. The molecular weight excluding hydrogens is 258 g/mol. The zero-order valence-corrected chi connectivity index (χ0v) is 12.4. The van der Waals surface area contributed by atoms with Gasteiger partial charge in [-0.25, -0.2) is 0 Å². The number of ketones is 1. The lowest BCUT2D eigenvalue weighted by Gasteiger charge is -2.19. The van der Waals surface area contributed by atoms with Crippen LogP contribution in [0, 0.1) is 0 Å². The number of rotatable bonds is 5. The third kappa shape index (κ3) is 4.47. The van der Waals surface area contributed by atoms with Crippen molar-refractivity contribution in [3.05, 3.63) is 11.3 Å². The number of carbonyl (C=O) groups is 2. The molecule has 1 aliphatic carbocycles. The molecule has 0 aliphatic heterocycles. The van der Waals surface area contributed by atoms with E-state index in [0.29, 0.717) is 24.1 Å². The second-order valence-corrected chi connectivity index (χ2v) is 5.01. The maximum Gasteiger partial charge on any atom is 0.305 e. The zero-order valence-electron chi connectivity index (χ0n) is 12.4. The predicted molar refractivity (Wildman–Crippen MR) is 77.0 cm³/mol. The number of hydrogen-bond donors (Lipinski definition) is 1. The average molecular weight is 281 g/mol.